The summed E-state index contributed by atoms with van der Waals surface area (Å²) in [6.45, 7) is 0. The van der Waals surface area contributed by atoms with Crippen LogP contribution in [0.5, 0.6) is 0 Å². The highest BCUT2D eigenvalue weighted by Crippen LogP contribution is 2.52. The van der Waals surface area contributed by atoms with E-state index < -0.39 is 7.14 Å². The Kier molecular flexibility index (Phi) is 3.66. The lowest BCUT2D eigenvalue weighted by Gasteiger charge is -2.17. The second kappa shape index (κ2) is 6.69. The van der Waals surface area contributed by atoms with Crippen LogP contribution in [-0.2, 0) is 4.57 Å². The predicted octanol–water partition coefficient (Wildman–Crippen LogP) is 6.41. The van der Waals surface area contributed by atoms with E-state index in [1.807, 2.05) is 42.5 Å². The van der Waals surface area contributed by atoms with Crippen LogP contribution >= 0.6 is 7.14 Å². The van der Waals surface area contributed by atoms with E-state index in [1.54, 1.807) is 0 Å². The zero-order valence-electron chi connectivity index (χ0n) is 18.7. The molecular weight excluding hydrogens is 447 g/mol. The minimum Gasteiger partial charge on any atom is -0.309 e. The van der Waals surface area contributed by atoms with Crippen molar-refractivity contribution in [1.82, 2.24) is 9.38 Å². The molecule has 3 nitrogen and oxygen atoms in total. The average molecular weight is 466 g/mol. The second-order valence-corrected chi connectivity index (χ2v) is 11.8. The lowest BCUT2D eigenvalue weighted by Crippen LogP contribution is -2.20. The molecule has 7 aromatic rings. The Hall–Kier alpha value is -4.20. The zero-order chi connectivity index (χ0) is 23.1. The summed E-state index contributed by atoms with van der Waals surface area (Å²) in [6.07, 6.45) is 0. The van der Waals surface area contributed by atoms with Crippen LogP contribution in [0.2, 0.25) is 0 Å². The topological polar surface area (TPSA) is 34.4 Å². The van der Waals surface area contributed by atoms with E-state index in [4.69, 9.17) is 4.98 Å². The first-order valence-corrected chi connectivity index (χ1v) is 13.5. The number of hydrogen-bond donors (Lipinski definition) is 0. The Morgan fingerprint density at radius 3 is 1.97 bits per heavy atom. The van der Waals surface area contributed by atoms with Gasteiger partial charge in [-0.3, -0.25) is 4.40 Å². The SMILES string of the molecule is O=P1(c2ccc3c4ccccc4n4c5ccccc5nc4c3c2)c2ccccc2-c2ccccc21. The van der Waals surface area contributed by atoms with Crippen molar-refractivity contribution in [2.75, 3.05) is 0 Å². The van der Waals surface area contributed by atoms with Gasteiger partial charge in [-0.1, -0.05) is 91.0 Å². The van der Waals surface area contributed by atoms with Gasteiger partial charge >= 0.3 is 0 Å². The van der Waals surface area contributed by atoms with Crippen LogP contribution in [0.15, 0.2) is 115 Å². The Bertz CT molecular complexity index is 2000. The molecular formula is C31H19N2OP. The van der Waals surface area contributed by atoms with Crippen LogP contribution in [0.3, 0.4) is 0 Å². The van der Waals surface area contributed by atoms with Gasteiger partial charge in [0.1, 0.15) is 5.65 Å². The number of fused-ring (bicyclic) bond motifs is 11. The highest BCUT2D eigenvalue weighted by atomic mass is 31.2. The van der Waals surface area contributed by atoms with E-state index in [1.165, 1.54) is 0 Å². The summed E-state index contributed by atoms with van der Waals surface area (Å²) in [5.41, 5.74) is 6.20. The molecule has 0 N–H and O–H groups in total. The number of aromatic nitrogens is 2. The summed E-state index contributed by atoms with van der Waals surface area (Å²) in [4.78, 5) is 5.05. The molecule has 0 fully saturated rings. The maximum absolute atomic E-state index is 15.0. The Morgan fingerprint density at radius 2 is 1.20 bits per heavy atom. The fraction of sp³-hybridized carbons (Fsp3) is 0. The molecule has 0 spiro atoms. The summed E-state index contributed by atoms with van der Waals surface area (Å²) in [6, 6.07) is 39.3. The Labute approximate surface area is 201 Å². The van der Waals surface area contributed by atoms with Crippen LogP contribution in [0.1, 0.15) is 0 Å². The molecule has 0 radical (unpaired) electrons. The van der Waals surface area contributed by atoms with Crippen molar-refractivity contribution in [2.24, 2.45) is 0 Å². The minimum absolute atomic E-state index is 0.853. The van der Waals surface area contributed by atoms with Gasteiger partial charge in [-0.15, -0.1) is 0 Å². The third kappa shape index (κ3) is 2.36. The van der Waals surface area contributed by atoms with Crippen molar-refractivity contribution in [3.63, 3.8) is 0 Å². The van der Waals surface area contributed by atoms with Crippen LogP contribution < -0.4 is 15.9 Å². The third-order valence-electron chi connectivity index (χ3n) is 7.38. The number of benzene rings is 5. The molecule has 2 aromatic heterocycles. The molecule has 8 rings (SSSR count). The fourth-order valence-electron chi connectivity index (χ4n) is 5.85. The summed E-state index contributed by atoms with van der Waals surface area (Å²) in [7, 11) is -3.02. The molecule has 0 saturated carbocycles. The van der Waals surface area contributed by atoms with Crippen molar-refractivity contribution >= 4 is 61.4 Å². The molecule has 3 heterocycles. The van der Waals surface area contributed by atoms with Gasteiger partial charge in [-0.25, -0.2) is 4.98 Å². The van der Waals surface area contributed by atoms with E-state index in [0.717, 1.165) is 65.4 Å². The lowest BCUT2D eigenvalue weighted by molar-refractivity contribution is 0.593. The molecule has 164 valence electrons. The molecule has 0 amide bonds. The monoisotopic (exact) mass is 466 g/mol. The molecule has 0 atom stereocenters. The van der Waals surface area contributed by atoms with Crippen LogP contribution in [0.25, 0.3) is 49.5 Å². The van der Waals surface area contributed by atoms with E-state index >= 15 is 4.57 Å². The summed E-state index contributed by atoms with van der Waals surface area (Å²) >= 11 is 0. The minimum atomic E-state index is -3.02. The van der Waals surface area contributed by atoms with Crippen LogP contribution in [0, 0.1) is 0 Å². The molecule has 0 aliphatic carbocycles. The number of para-hydroxylation sites is 3. The van der Waals surface area contributed by atoms with E-state index in [-0.39, 0.29) is 0 Å². The van der Waals surface area contributed by atoms with Crippen LogP contribution in [-0.4, -0.2) is 9.38 Å². The molecule has 1 aliphatic heterocycles. The van der Waals surface area contributed by atoms with Gasteiger partial charge in [-0.05, 0) is 40.8 Å². The molecule has 0 bridgehead atoms. The smallest absolute Gasteiger partial charge is 0.172 e. The predicted molar refractivity (Wildman–Crippen MR) is 146 cm³/mol. The lowest BCUT2D eigenvalue weighted by atomic mass is 10.1. The molecule has 0 saturated heterocycles. The average Bonchev–Trinajstić information content (AvgIpc) is 3.44. The molecule has 35 heavy (non-hydrogen) atoms. The molecule has 1 aliphatic rings. The summed E-state index contributed by atoms with van der Waals surface area (Å²) < 4.78 is 17.3. The first kappa shape index (κ1) is 19.1. The van der Waals surface area contributed by atoms with Crippen molar-refractivity contribution in [2.45, 2.75) is 0 Å². The summed E-state index contributed by atoms with van der Waals surface area (Å²) in [5, 5.41) is 6.01. The first-order chi connectivity index (χ1) is 17.2. The largest absolute Gasteiger partial charge is 0.309 e. The maximum Gasteiger partial charge on any atom is 0.172 e. The van der Waals surface area contributed by atoms with Gasteiger partial charge < -0.3 is 4.57 Å². The number of nitrogens with zero attached hydrogens (tertiary/aromatic N) is 2. The second-order valence-electron chi connectivity index (χ2n) is 9.15. The zero-order valence-corrected chi connectivity index (χ0v) is 19.6. The first-order valence-electron chi connectivity index (χ1n) is 11.8. The molecule has 5 aromatic carbocycles. The van der Waals surface area contributed by atoms with Crippen molar-refractivity contribution in [3.05, 3.63) is 115 Å². The summed E-state index contributed by atoms with van der Waals surface area (Å²) in [5.74, 6) is 0. The molecule has 0 unspecified atom stereocenters. The van der Waals surface area contributed by atoms with Gasteiger partial charge in [0.05, 0.1) is 16.6 Å². The van der Waals surface area contributed by atoms with Gasteiger partial charge in [0.25, 0.3) is 0 Å². The van der Waals surface area contributed by atoms with Gasteiger partial charge in [0, 0.05) is 26.7 Å². The maximum atomic E-state index is 15.0. The fourth-order valence-corrected chi connectivity index (χ4v) is 8.93. The van der Waals surface area contributed by atoms with Gasteiger partial charge in [0.15, 0.2) is 7.14 Å². The van der Waals surface area contributed by atoms with Crippen molar-refractivity contribution in [3.8, 4) is 11.1 Å². The van der Waals surface area contributed by atoms with Gasteiger partial charge in [0.2, 0.25) is 0 Å². The van der Waals surface area contributed by atoms with Crippen LogP contribution in [0.4, 0.5) is 0 Å². The number of imidazole rings is 1. The standard InChI is InChI=1S/C31H19N2OP/c34-35(29-15-7-2-10-23(29)24-11-3-8-16-30(24)35)20-17-18-21-22-9-1-5-13-27(22)33-28-14-6-4-12-26(28)32-31(33)25(21)19-20/h1-19H. The Balaban J connectivity index is 1.54. The number of hydrogen-bond acceptors (Lipinski definition) is 2. The van der Waals surface area contributed by atoms with E-state index in [9.17, 15) is 0 Å². The van der Waals surface area contributed by atoms with Crippen molar-refractivity contribution < 1.29 is 4.57 Å². The van der Waals surface area contributed by atoms with E-state index in [2.05, 4.69) is 77.2 Å². The third-order valence-corrected chi connectivity index (χ3v) is 10.5. The highest BCUT2D eigenvalue weighted by molar-refractivity contribution is 7.86. The quantitative estimate of drug-likeness (QED) is 0.207. The van der Waals surface area contributed by atoms with Crippen molar-refractivity contribution in [1.29, 1.82) is 0 Å². The van der Waals surface area contributed by atoms with Gasteiger partial charge in [-0.2, -0.15) is 0 Å². The molecule has 4 heteroatoms. The normalized spacial score (nSPS) is 14.1. The van der Waals surface area contributed by atoms with E-state index in [0.29, 0.717) is 0 Å². The highest BCUT2D eigenvalue weighted by Gasteiger charge is 2.39. The Morgan fingerprint density at radius 1 is 0.571 bits per heavy atom. The number of pyridine rings is 1. The number of rotatable bonds is 1.